The Hall–Kier alpha value is -2.01. The van der Waals surface area contributed by atoms with Gasteiger partial charge < -0.3 is 4.90 Å². The summed E-state index contributed by atoms with van der Waals surface area (Å²) in [6.45, 7) is 1.32. The Bertz CT molecular complexity index is 545. The summed E-state index contributed by atoms with van der Waals surface area (Å²) in [6.07, 6.45) is 1.27. The maximum Gasteiger partial charge on any atom is 0.292 e. The number of hydrogen-bond acceptors (Lipinski definition) is 3. The van der Waals surface area contributed by atoms with Crippen LogP contribution in [0.3, 0.4) is 0 Å². The monoisotopic (exact) mass is 273 g/mol. The third-order valence-electron chi connectivity index (χ3n) is 4.10. The summed E-state index contributed by atoms with van der Waals surface area (Å²) >= 11 is 0. The Labute approximate surface area is 117 Å². The van der Waals surface area contributed by atoms with E-state index in [1.807, 2.05) is 18.2 Å². The lowest BCUT2D eigenvalue weighted by Crippen LogP contribution is -3.17. The molecule has 0 aromatic heterocycles. The van der Waals surface area contributed by atoms with Crippen molar-refractivity contribution < 1.29 is 19.3 Å². The van der Waals surface area contributed by atoms with E-state index in [9.17, 15) is 14.4 Å². The molecule has 0 saturated carbocycles. The van der Waals surface area contributed by atoms with Crippen molar-refractivity contribution in [1.82, 2.24) is 0 Å². The molecule has 2 aliphatic heterocycles. The van der Waals surface area contributed by atoms with Gasteiger partial charge in [0.1, 0.15) is 5.78 Å². The summed E-state index contributed by atoms with van der Waals surface area (Å²) in [5.41, 5.74) is 0.637. The first-order valence-electron chi connectivity index (χ1n) is 6.95. The largest absolute Gasteiger partial charge is 0.324 e. The van der Waals surface area contributed by atoms with Gasteiger partial charge in [-0.15, -0.1) is 0 Å². The van der Waals surface area contributed by atoms with Gasteiger partial charge in [0, 0.05) is 0 Å². The van der Waals surface area contributed by atoms with Gasteiger partial charge in [-0.3, -0.25) is 14.4 Å². The highest BCUT2D eigenvalue weighted by Gasteiger charge is 2.46. The van der Waals surface area contributed by atoms with E-state index in [0.717, 1.165) is 4.90 Å². The summed E-state index contributed by atoms with van der Waals surface area (Å²) in [5, 5.41) is 0. The number of benzene rings is 1. The number of rotatable bonds is 2. The fourth-order valence-electron chi connectivity index (χ4n) is 3.00. The number of nitrogens with one attached hydrogen (secondary N) is 1. The number of quaternary nitrogens is 1. The molecule has 2 fully saturated rings. The van der Waals surface area contributed by atoms with Crippen LogP contribution in [0.5, 0.6) is 0 Å². The highest BCUT2D eigenvalue weighted by Crippen LogP contribution is 2.21. The number of piperidine rings is 1. The molecule has 0 bridgehead atoms. The maximum absolute atomic E-state index is 12.5. The minimum Gasteiger partial charge on any atom is -0.324 e. The van der Waals surface area contributed by atoms with Crippen molar-refractivity contribution in [3.63, 3.8) is 0 Å². The zero-order valence-corrected chi connectivity index (χ0v) is 11.2. The second kappa shape index (κ2) is 5.17. The third-order valence-corrected chi connectivity index (χ3v) is 4.10. The second-order valence-electron chi connectivity index (χ2n) is 5.36. The van der Waals surface area contributed by atoms with Crippen molar-refractivity contribution in [3.05, 3.63) is 30.3 Å². The first-order valence-corrected chi connectivity index (χ1v) is 6.95. The molecule has 1 atom stereocenters. The van der Waals surface area contributed by atoms with Crippen LogP contribution in [-0.2, 0) is 14.4 Å². The number of anilines is 1. The Kier molecular flexibility index (Phi) is 3.36. The summed E-state index contributed by atoms with van der Waals surface area (Å²) < 4.78 is 0. The predicted molar refractivity (Wildman–Crippen MR) is 72.3 cm³/mol. The van der Waals surface area contributed by atoms with Crippen LogP contribution >= 0.6 is 0 Å². The van der Waals surface area contributed by atoms with Crippen molar-refractivity contribution in [2.45, 2.75) is 25.3 Å². The number of imide groups is 1. The SMILES string of the molecule is O=C1CC[NH+]([C@@H]2CC(=O)N(c3ccccc3)C2=O)CC1. The lowest BCUT2D eigenvalue weighted by atomic mass is 10.1. The van der Waals surface area contributed by atoms with Crippen LogP contribution < -0.4 is 9.80 Å². The summed E-state index contributed by atoms with van der Waals surface area (Å²) in [5.74, 6) is -0.0217. The average Bonchev–Trinajstić information content (AvgIpc) is 2.76. The minimum atomic E-state index is -0.323. The van der Waals surface area contributed by atoms with E-state index in [-0.39, 0.29) is 30.1 Å². The molecular formula is C15H17N2O3+. The number of amides is 2. The molecule has 0 unspecified atom stereocenters. The molecule has 20 heavy (non-hydrogen) atoms. The lowest BCUT2D eigenvalue weighted by Gasteiger charge is -2.27. The molecule has 2 saturated heterocycles. The summed E-state index contributed by atoms with van der Waals surface area (Å²) in [4.78, 5) is 38.3. The van der Waals surface area contributed by atoms with E-state index in [4.69, 9.17) is 0 Å². The zero-order chi connectivity index (χ0) is 14.1. The van der Waals surface area contributed by atoms with Crippen molar-refractivity contribution in [1.29, 1.82) is 0 Å². The number of hydrogen-bond donors (Lipinski definition) is 1. The van der Waals surface area contributed by atoms with Crippen LogP contribution in [0, 0.1) is 0 Å². The molecule has 3 rings (SSSR count). The molecule has 2 amide bonds. The zero-order valence-electron chi connectivity index (χ0n) is 11.2. The lowest BCUT2D eigenvalue weighted by molar-refractivity contribution is -0.916. The van der Waals surface area contributed by atoms with Crippen LogP contribution in [0.1, 0.15) is 19.3 Å². The fourth-order valence-corrected chi connectivity index (χ4v) is 3.00. The standard InChI is InChI=1S/C15H16N2O3/c18-12-6-8-16(9-7-12)13-10-14(19)17(15(13)20)11-4-2-1-3-5-11/h1-5,13H,6-10H2/p+1/t13-/m1/s1. The molecule has 2 aliphatic rings. The average molecular weight is 273 g/mol. The van der Waals surface area contributed by atoms with Gasteiger partial charge >= 0.3 is 0 Å². The Balaban J connectivity index is 1.79. The van der Waals surface area contributed by atoms with Gasteiger partial charge in [-0.2, -0.15) is 0 Å². The van der Waals surface area contributed by atoms with Gasteiger partial charge in [0.2, 0.25) is 5.91 Å². The van der Waals surface area contributed by atoms with E-state index < -0.39 is 0 Å². The van der Waals surface area contributed by atoms with Crippen molar-refractivity contribution in [2.24, 2.45) is 0 Å². The molecule has 0 spiro atoms. The van der Waals surface area contributed by atoms with Crippen LogP contribution in [0.4, 0.5) is 5.69 Å². The number of likely N-dealkylation sites (tertiary alicyclic amines) is 1. The van der Waals surface area contributed by atoms with Gasteiger partial charge in [0.05, 0.1) is 38.0 Å². The molecule has 104 valence electrons. The molecule has 5 heteroatoms. The Morgan fingerprint density at radius 2 is 1.65 bits per heavy atom. The predicted octanol–water partition coefficient (Wildman–Crippen LogP) is -0.434. The minimum absolute atomic E-state index is 0.134. The van der Waals surface area contributed by atoms with Crippen LogP contribution in [-0.4, -0.2) is 36.7 Å². The van der Waals surface area contributed by atoms with E-state index in [1.54, 1.807) is 12.1 Å². The topological polar surface area (TPSA) is 58.9 Å². The number of carbonyl (C=O) groups is 3. The number of nitrogens with zero attached hydrogens (tertiary/aromatic N) is 1. The number of ketones is 1. The van der Waals surface area contributed by atoms with Crippen LogP contribution in [0.2, 0.25) is 0 Å². The highest BCUT2D eigenvalue weighted by atomic mass is 16.2. The van der Waals surface area contributed by atoms with Crippen molar-refractivity contribution in [3.8, 4) is 0 Å². The molecular weight excluding hydrogens is 256 g/mol. The first kappa shape index (κ1) is 13.0. The molecule has 5 nitrogen and oxygen atoms in total. The van der Waals surface area contributed by atoms with Gasteiger partial charge in [-0.05, 0) is 12.1 Å². The first-order chi connectivity index (χ1) is 9.66. The van der Waals surface area contributed by atoms with Crippen LogP contribution in [0.25, 0.3) is 0 Å². The van der Waals surface area contributed by atoms with Crippen LogP contribution in [0.15, 0.2) is 30.3 Å². The van der Waals surface area contributed by atoms with E-state index in [0.29, 0.717) is 31.6 Å². The van der Waals surface area contributed by atoms with E-state index in [2.05, 4.69) is 0 Å². The van der Waals surface area contributed by atoms with E-state index in [1.165, 1.54) is 4.90 Å². The highest BCUT2D eigenvalue weighted by molar-refractivity contribution is 6.21. The third kappa shape index (κ3) is 2.25. The van der Waals surface area contributed by atoms with Gasteiger partial charge in [-0.25, -0.2) is 4.90 Å². The summed E-state index contributed by atoms with van der Waals surface area (Å²) in [7, 11) is 0. The van der Waals surface area contributed by atoms with E-state index >= 15 is 0 Å². The quantitative estimate of drug-likeness (QED) is 0.744. The molecule has 0 aliphatic carbocycles. The number of Topliss-reactive ketones (excluding diaryl/α,β-unsaturated/α-hetero) is 1. The van der Waals surface area contributed by atoms with Crippen molar-refractivity contribution in [2.75, 3.05) is 18.0 Å². The number of carbonyl (C=O) groups excluding carboxylic acids is 3. The summed E-state index contributed by atoms with van der Waals surface area (Å²) in [6, 6.07) is 8.70. The smallest absolute Gasteiger partial charge is 0.292 e. The van der Waals surface area contributed by atoms with Gasteiger partial charge in [-0.1, -0.05) is 18.2 Å². The molecule has 0 radical (unpaired) electrons. The van der Waals surface area contributed by atoms with Gasteiger partial charge in [0.25, 0.3) is 5.91 Å². The number of para-hydroxylation sites is 1. The second-order valence-corrected chi connectivity index (χ2v) is 5.36. The molecule has 1 N–H and O–H groups in total. The fraction of sp³-hybridized carbons (Fsp3) is 0.400. The maximum atomic E-state index is 12.5. The van der Waals surface area contributed by atoms with Crippen molar-refractivity contribution >= 4 is 23.3 Å². The van der Waals surface area contributed by atoms with Gasteiger partial charge in [0.15, 0.2) is 6.04 Å². The molecule has 2 heterocycles. The Morgan fingerprint density at radius 3 is 2.30 bits per heavy atom. The molecule has 1 aromatic rings. The molecule has 1 aromatic carbocycles. The Morgan fingerprint density at radius 1 is 1.00 bits per heavy atom. The normalized spacial score (nSPS) is 24.5.